The fourth-order valence-electron chi connectivity index (χ4n) is 2.08. The van der Waals surface area contributed by atoms with Gasteiger partial charge in [0.15, 0.2) is 0 Å². The summed E-state index contributed by atoms with van der Waals surface area (Å²) in [5, 5.41) is 7.24. The summed E-state index contributed by atoms with van der Waals surface area (Å²) in [6.07, 6.45) is 4.97. The number of hydrogen-bond acceptors (Lipinski definition) is 2. The van der Waals surface area contributed by atoms with Crippen LogP contribution in [0.3, 0.4) is 0 Å². The largest absolute Gasteiger partial charge is 0.309 e. The lowest BCUT2D eigenvalue weighted by Crippen LogP contribution is -2.02. The van der Waals surface area contributed by atoms with Gasteiger partial charge >= 0.3 is 0 Å². The number of hydrogen-bond donors (Lipinski definition) is 1. The Hall–Kier alpha value is -1.90. The van der Waals surface area contributed by atoms with Gasteiger partial charge in [0.25, 0.3) is 0 Å². The Balaban J connectivity index is 2.72. The Kier molecular flexibility index (Phi) is 3.38. The number of imidazole rings is 1. The lowest BCUT2D eigenvalue weighted by atomic mass is 10.2. The van der Waals surface area contributed by atoms with Gasteiger partial charge in [0.05, 0.1) is 11.0 Å². The van der Waals surface area contributed by atoms with Crippen molar-refractivity contribution in [3.63, 3.8) is 0 Å². The summed E-state index contributed by atoms with van der Waals surface area (Å²) in [4.78, 5) is 4.63. The first kappa shape index (κ1) is 11.6. The van der Waals surface area contributed by atoms with Crippen LogP contribution in [0.5, 0.6) is 0 Å². The van der Waals surface area contributed by atoms with Crippen LogP contribution in [0.4, 0.5) is 0 Å². The van der Waals surface area contributed by atoms with Crippen LogP contribution in [0.25, 0.3) is 16.7 Å². The van der Waals surface area contributed by atoms with Gasteiger partial charge in [-0.05, 0) is 24.6 Å². The number of para-hydroxylation sites is 2. The van der Waals surface area contributed by atoms with Gasteiger partial charge in [-0.25, -0.2) is 4.98 Å². The third-order valence-corrected chi connectivity index (χ3v) is 2.87. The standard InChI is InChI=1S/C14H17N3/c1-3-11(9-10-15)17-13-8-6-5-7-12(13)16-14(17)4-2/h5-10,15H,3-4H2,1-2H3/b11-9+,15-10?. The summed E-state index contributed by atoms with van der Waals surface area (Å²) in [5.74, 6) is 1.06. The van der Waals surface area contributed by atoms with Gasteiger partial charge in [-0.3, -0.25) is 0 Å². The highest BCUT2D eigenvalue weighted by Gasteiger charge is 2.10. The molecule has 17 heavy (non-hydrogen) atoms. The first-order valence-corrected chi connectivity index (χ1v) is 5.98. The van der Waals surface area contributed by atoms with Gasteiger partial charge in [0.2, 0.25) is 0 Å². The van der Waals surface area contributed by atoms with Crippen LogP contribution in [-0.4, -0.2) is 15.8 Å². The van der Waals surface area contributed by atoms with Gasteiger partial charge in [0.1, 0.15) is 5.82 Å². The third kappa shape index (κ3) is 2.00. The van der Waals surface area contributed by atoms with E-state index in [4.69, 9.17) is 5.41 Å². The Morgan fingerprint density at radius 1 is 1.35 bits per heavy atom. The summed E-state index contributed by atoms with van der Waals surface area (Å²) in [6.45, 7) is 4.21. The van der Waals surface area contributed by atoms with Crippen molar-refractivity contribution in [3.8, 4) is 0 Å². The summed E-state index contributed by atoms with van der Waals surface area (Å²) in [5.41, 5.74) is 3.26. The monoisotopic (exact) mass is 227 g/mol. The van der Waals surface area contributed by atoms with Crippen molar-refractivity contribution in [1.29, 1.82) is 5.41 Å². The fraction of sp³-hybridized carbons (Fsp3) is 0.286. The maximum absolute atomic E-state index is 7.24. The quantitative estimate of drug-likeness (QED) is 0.798. The van der Waals surface area contributed by atoms with Crippen LogP contribution in [-0.2, 0) is 6.42 Å². The zero-order valence-corrected chi connectivity index (χ0v) is 10.3. The average Bonchev–Trinajstić information content (AvgIpc) is 2.74. The Bertz CT molecular complexity index is 564. The summed E-state index contributed by atoms with van der Waals surface area (Å²) < 4.78 is 2.17. The Morgan fingerprint density at radius 2 is 2.12 bits per heavy atom. The number of aryl methyl sites for hydroxylation is 1. The minimum atomic E-state index is 0.892. The molecule has 0 saturated carbocycles. The highest BCUT2D eigenvalue weighted by atomic mass is 15.1. The molecule has 0 bridgehead atoms. The van der Waals surface area contributed by atoms with Crippen molar-refractivity contribution in [2.24, 2.45) is 0 Å². The summed E-state index contributed by atoms with van der Waals surface area (Å²) in [7, 11) is 0. The molecular formula is C14H17N3. The van der Waals surface area contributed by atoms with E-state index in [1.807, 2.05) is 24.3 Å². The van der Waals surface area contributed by atoms with Crippen molar-refractivity contribution >= 4 is 22.9 Å². The molecule has 0 amide bonds. The molecule has 0 saturated heterocycles. The van der Waals surface area contributed by atoms with Gasteiger partial charge in [-0.1, -0.05) is 26.0 Å². The molecule has 1 aromatic heterocycles. The van der Waals surface area contributed by atoms with E-state index in [0.29, 0.717) is 0 Å². The predicted octanol–water partition coefficient (Wildman–Crippen LogP) is 3.50. The number of nitrogens with one attached hydrogen (secondary N) is 1. The number of nitrogens with zero attached hydrogens (tertiary/aromatic N) is 2. The zero-order valence-electron chi connectivity index (χ0n) is 10.3. The average molecular weight is 227 g/mol. The molecule has 1 aromatic carbocycles. The molecule has 3 nitrogen and oxygen atoms in total. The number of aromatic nitrogens is 2. The lowest BCUT2D eigenvalue weighted by Gasteiger charge is -2.10. The molecule has 0 aliphatic rings. The van der Waals surface area contributed by atoms with Crippen molar-refractivity contribution in [1.82, 2.24) is 9.55 Å². The zero-order chi connectivity index (χ0) is 12.3. The predicted molar refractivity (Wildman–Crippen MR) is 72.5 cm³/mol. The van der Waals surface area contributed by atoms with E-state index in [1.165, 1.54) is 6.21 Å². The highest BCUT2D eigenvalue weighted by molar-refractivity contribution is 5.84. The molecule has 0 spiro atoms. The molecule has 3 heteroatoms. The first-order chi connectivity index (χ1) is 8.31. The molecule has 0 unspecified atom stereocenters. The van der Waals surface area contributed by atoms with Crippen molar-refractivity contribution in [3.05, 3.63) is 36.2 Å². The van der Waals surface area contributed by atoms with E-state index in [0.717, 1.165) is 35.4 Å². The second-order valence-electron chi connectivity index (χ2n) is 3.88. The molecule has 2 rings (SSSR count). The number of allylic oxidation sites excluding steroid dienone is 2. The first-order valence-electron chi connectivity index (χ1n) is 5.98. The Morgan fingerprint density at radius 3 is 2.76 bits per heavy atom. The van der Waals surface area contributed by atoms with Crippen LogP contribution in [0.2, 0.25) is 0 Å². The van der Waals surface area contributed by atoms with Gasteiger partial charge in [0, 0.05) is 18.3 Å². The highest BCUT2D eigenvalue weighted by Crippen LogP contribution is 2.22. The van der Waals surface area contributed by atoms with Gasteiger partial charge in [-0.2, -0.15) is 0 Å². The van der Waals surface area contributed by atoms with Gasteiger partial charge in [-0.15, -0.1) is 0 Å². The number of rotatable bonds is 4. The van der Waals surface area contributed by atoms with Crippen LogP contribution in [0.1, 0.15) is 26.1 Å². The second-order valence-corrected chi connectivity index (χ2v) is 3.88. The van der Waals surface area contributed by atoms with Crippen molar-refractivity contribution in [2.75, 3.05) is 0 Å². The lowest BCUT2D eigenvalue weighted by molar-refractivity contribution is 0.897. The fourth-order valence-corrected chi connectivity index (χ4v) is 2.08. The maximum Gasteiger partial charge on any atom is 0.113 e. The van der Waals surface area contributed by atoms with Crippen LogP contribution >= 0.6 is 0 Å². The third-order valence-electron chi connectivity index (χ3n) is 2.87. The van der Waals surface area contributed by atoms with Crippen LogP contribution < -0.4 is 0 Å². The van der Waals surface area contributed by atoms with Crippen molar-refractivity contribution in [2.45, 2.75) is 26.7 Å². The molecular weight excluding hydrogens is 210 g/mol. The number of fused-ring (bicyclic) bond motifs is 1. The Labute approximate surface area is 101 Å². The summed E-state index contributed by atoms with van der Waals surface area (Å²) >= 11 is 0. The smallest absolute Gasteiger partial charge is 0.113 e. The molecule has 0 atom stereocenters. The van der Waals surface area contributed by atoms with E-state index in [-0.39, 0.29) is 0 Å². The normalized spacial score (nSPS) is 12.0. The molecule has 1 heterocycles. The van der Waals surface area contributed by atoms with E-state index in [1.54, 1.807) is 0 Å². The van der Waals surface area contributed by atoms with Crippen LogP contribution in [0.15, 0.2) is 30.3 Å². The molecule has 0 aliphatic heterocycles. The minimum Gasteiger partial charge on any atom is -0.309 e. The van der Waals surface area contributed by atoms with E-state index >= 15 is 0 Å². The second kappa shape index (κ2) is 4.95. The molecule has 88 valence electrons. The van der Waals surface area contributed by atoms with Crippen molar-refractivity contribution < 1.29 is 0 Å². The molecule has 0 aliphatic carbocycles. The minimum absolute atomic E-state index is 0.892. The summed E-state index contributed by atoms with van der Waals surface area (Å²) in [6, 6.07) is 8.14. The van der Waals surface area contributed by atoms with E-state index in [2.05, 4.69) is 29.5 Å². The molecule has 1 N–H and O–H groups in total. The number of benzene rings is 1. The van der Waals surface area contributed by atoms with Crippen LogP contribution in [0, 0.1) is 5.41 Å². The van der Waals surface area contributed by atoms with Gasteiger partial charge < -0.3 is 9.98 Å². The molecule has 0 radical (unpaired) electrons. The topological polar surface area (TPSA) is 41.7 Å². The van der Waals surface area contributed by atoms with E-state index in [9.17, 15) is 0 Å². The van der Waals surface area contributed by atoms with E-state index < -0.39 is 0 Å². The maximum atomic E-state index is 7.24. The molecule has 0 fully saturated rings. The SMILES string of the molecule is CC/C(=C\C=N)n1c(CC)nc2ccccc21. The molecule has 2 aromatic rings.